The van der Waals surface area contributed by atoms with E-state index in [9.17, 15) is 43.9 Å². The molecule has 0 aliphatic carbocycles. The van der Waals surface area contributed by atoms with Crippen molar-refractivity contribution >= 4 is 69.8 Å². The fourth-order valence-corrected chi connectivity index (χ4v) is 5.32. The number of fused-ring (bicyclic) bond motifs is 1. The minimum atomic E-state index is -4.79. The molecule has 0 saturated carbocycles. The second-order valence-corrected chi connectivity index (χ2v) is 13.3. The van der Waals surface area contributed by atoms with Crippen LogP contribution in [0, 0.1) is 6.08 Å². The topological polar surface area (TPSA) is 251 Å². The monoisotopic (exact) mass is 653 g/mol. The first-order chi connectivity index (χ1) is 20.1. The number of rotatable bonds is 11. The Morgan fingerprint density at radius 2 is 1.56 bits per heavy atom. The van der Waals surface area contributed by atoms with Crippen LogP contribution in [0.2, 0.25) is 0 Å². The first-order valence-electron chi connectivity index (χ1n) is 11.6. The normalized spacial score (nSPS) is 12.4. The number of aromatic hydroxyl groups is 1. The molecule has 0 aliphatic heterocycles. The smallest absolute Gasteiger partial charge is 0.315 e. The third-order valence-electron chi connectivity index (χ3n) is 5.53. The molecule has 0 saturated heterocycles. The molecule has 0 bridgehead atoms. The van der Waals surface area contributed by atoms with E-state index in [0.717, 1.165) is 23.6 Å². The number of aromatic nitrogens is 3. The lowest BCUT2D eigenvalue weighted by Gasteiger charge is -2.13. The predicted molar refractivity (Wildman–Crippen MR) is 151 cm³/mol. The van der Waals surface area contributed by atoms with Crippen molar-refractivity contribution in [2.24, 2.45) is 10.2 Å². The Morgan fingerprint density at radius 3 is 2.23 bits per heavy atom. The number of hydrogen-bond acceptors (Lipinski definition) is 14. The summed E-state index contributed by atoms with van der Waals surface area (Å²) in [6, 6.07) is 9.49. The minimum absolute atomic E-state index is 0.0370. The summed E-state index contributed by atoms with van der Waals surface area (Å²) in [6.45, 7) is 2.95. The molecule has 0 aliphatic rings. The second-order valence-electron chi connectivity index (χ2n) is 8.46. The van der Waals surface area contributed by atoms with E-state index in [2.05, 4.69) is 42.4 Å². The number of azo groups is 1. The summed E-state index contributed by atoms with van der Waals surface area (Å²) in [5.41, 5.74) is -0.761. The van der Waals surface area contributed by atoms with E-state index in [-0.39, 0.29) is 40.3 Å². The zero-order valence-electron chi connectivity index (χ0n) is 21.4. The SMILES string of the molecule is C=CS(=O)(=O)CCNc1nc(F)nc(Nc2cc(S(=O)(=O)O)cc3ccc(N=Nc4ccccc4S(=O)(=O)O)c(O)c23)n1. The Balaban J connectivity index is 1.79. The molecule has 43 heavy (non-hydrogen) atoms. The Morgan fingerprint density at radius 1 is 0.884 bits per heavy atom. The molecule has 0 fully saturated rings. The number of sulfone groups is 1. The van der Waals surface area contributed by atoms with E-state index >= 15 is 0 Å². The number of nitrogens with one attached hydrogen (secondary N) is 2. The van der Waals surface area contributed by atoms with Crippen molar-refractivity contribution in [1.29, 1.82) is 0 Å². The molecule has 0 radical (unpaired) electrons. The first-order valence-corrected chi connectivity index (χ1v) is 16.2. The second kappa shape index (κ2) is 11.9. The number of nitrogens with zero attached hydrogens (tertiary/aromatic N) is 5. The van der Waals surface area contributed by atoms with Gasteiger partial charge in [0.1, 0.15) is 16.3 Å². The van der Waals surface area contributed by atoms with Crippen molar-refractivity contribution in [3.05, 3.63) is 66.6 Å². The molecule has 0 unspecified atom stereocenters. The lowest BCUT2D eigenvalue weighted by Crippen LogP contribution is -2.16. The molecule has 4 rings (SSSR count). The largest absolute Gasteiger partial charge is 0.505 e. The zero-order valence-corrected chi connectivity index (χ0v) is 23.9. The number of halogens is 1. The van der Waals surface area contributed by atoms with Crippen molar-refractivity contribution < 1.29 is 43.9 Å². The summed E-state index contributed by atoms with van der Waals surface area (Å²) in [7, 11) is -13.0. The number of phenolic OH excluding ortho intramolecular Hbond substituents is 1. The molecule has 1 heterocycles. The molecule has 226 valence electrons. The van der Waals surface area contributed by atoms with Gasteiger partial charge in [0.2, 0.25) is 11.9 Å². The van der Waals surface area contributed by atoms with E-state index in [4.69, 9.17) is 0 Å². The molecule has 0 amide bonds. The molecular weight excluding hydrogens is 633 g/mol. The fourth-order valence-electron chi connectivity index (χ4n) is 3.60. The maximum atomic E-state index is 14.2. The molecular formula is C23H20FN7O9S3. The Kier molecular flexibility index (Phi) is 8.69. The van der Waals surface area contributed by atoms with Crippen LogP contribution in [0.1, 0.15) is 0 Å². The van der Waals surface area contributed by atoms with Crippen molar-refractivity contribution in [2.75, 3.05) is 22.9 Å². The Hall–Kier alpha value is -4.63. The van der Waals surface area contributed by atoms with Crippen molar-refractivity contribution in [3.8, 4) is 5.75 Å². The highest BCUT2D eigenvalue weighted by Crippen LogP contribution is 2.42. The van der Waals surface area contributed by atoms with E-state index in [1.54, 1.807) is 0 Å². The third kappa shape index (κ3) is 7.61. The third-order valence-corrected chi connectivity index (χ3v) is 8.54. The Labute approximate surface area is 243 Å². The molecule has 4 aromatic rings. The molecule has 20 heteroatoms. The van der Waals surface area contributed by atoms with Crippen LogP contribution in [-0.2, 0) is 30.1 Å². The van der Waals surface area contributed by atoms with E-state index in [1.807, 2.05) is 0 Å². The summed E-state index contributed by atoms with van der Waals surface area (Å²) in [6.07, 6.45) is -1.31. The van der Waals surface area contributed by atoms with Crippen LogP contribution in [0.4, 0.5) is 33.3 Å². The van der Waals surface area contributed by atoms with Gasteiger partial charge < -0.3 is 15.7 Å². The maximum absolute atomic E-state index is 14.2. The van der Waals surface area contributed by atoms with Gasteiger partial charge >= 0.3 is 6.08 Å². The highest BCUT2D eigenvalue weighted by atomic mass is 32.2. The van der Waals surface area contributed by atoms with Crippen LogP contribution in [0.3, 0.4) is 0 Å². The van der Waals surface area contributed by atoms with Gasteiger partial charge in [-0.15, -0.1) is 10.2 Å². The van der Waals surface area contributed by atoms with Gasteiger partial charge in [-0.3, -0.25) is 9.11 Å². The minimum Gasteiger partial charge on any atom is -0.505 e. The first kappa shape index (κ1) is 31.3. The van der Waals surface area contributed by atoms with Gasteiger partial charge in [0.05, 0.1) is 16.3 Å². The predicted octanol–water partition coefficient (Wildman–Crippen LogP) is 3.49. The fraction of sp³-hybridized carbons (Fsp3) is 0.0870. The maximum Gasteiger partial charge on any atom is 0.315 e. The van der Waals surface area contributed by atoms with Crippen molar-refractivity contribution in [2.45, 2.75) is 9.79 Å². The van der Waals surface area contributed by atoms with Crippen molar-refractivity contribution in [1.82, 2.24) is 15.0 Å². The average Bonchev–Trinajstić information content (AvgIpc) is 2.91. The molecule has 0 atom stereocenters. The van der Waals surface area contributed by atoms with Gasteiger partial charge in [-0.2, -0.15) is 36.2 Å². The number of phenols is 1. The van der Waals surface area contributed by atoms with E-state index in [0.29, 0.717) is 0 Å². The van der Waals surface area contributed by atoms with Gasteiger partial charge in [0.15, 0.2) is 15.6 Å². The molecule has 3 aromatic carbocycles. The number of hydrogen-bond donors (Lipinski definition) is 5. The summed E-state index contributed by atoms with van der Waals surface area (Å²) in [5, 5.41) is 24.4. The average molecular weight is 654 g/mol. The van der Waals surface area contributed by atoms with Gasteiger partial charge in [-0.05, 0) is 35.7 Å². The standard InChI is InChI=1S/C23H20FN7O9S3/c1-2-41(33,34)10-9-25-22-27-21(24)28-23(29-22)26-17-12-14(42(35,36)37)11-13-7-8-16(20(32)19(13)17)31-30-15-5-3-4-6-18(15)43(38,39)40/h2-8,11-12,32H,1,9-10H2,(H,35,36,37)(H,38,39,40)(H2,25,26,27,28,29). The Bertz CT molecular complexity index is 2110. The number of benzene rings is 3. The van der Waals surface area contributed by atoms with Gasteiger partial charge in [-0.25, -0.2) is 8.42 Å². The summed E-state index contributed by atoms with van der Waals surface area (Å²) in [4.78, 5) is 9.62. The van der Waals surface area contributed by atoms with Gasteiger partial charge in [-0.1, -0.05) is 24.8 Å². The summed E-state index contributed by atoms with van der Waals surface area (Å²) in [5.74, 6) is -1.92. The molecule has 1 aromatic heterocycles. The van der Waals surface area contributed by atoms with Crippen LogP contribution < -0.4 is 10.6 Å². The highest BCUT2D eigenvalue weighted by molar-refractivity contribution is 7.94. The van der Waals surface area contributed by atoms with Crippen LogP contribution in [-0.4, -0.2) is 66.7 Å². The lowest BCUT2D eigenvalue weighted by atomic mass is 10.1. The van der Waals surface area contributed by atoms with Gasteiger partial charge in [0, 0.05) is 17.3 Å². The number of anilines is 3. The highest BCUT2D eigenvalue weighted by Gasteiger charge is 2.20. The van der Waals surface area contributed by atoms with Crippen LogP contribution in [0.5, 0.6) is 5.75 Å². The van der Waals surface area contributed by atoms with E-state index in [1.165, 1.54) is 30.3 Å². The summed E-state index contributed by atoms with van der Waals surface area (Å²) >= 11 is 0. The molecule has 5 N–H and O–H groups in total. The summed E-state index contributed by atoms with van der Waals surface area (Å²) < 4.78 is 104. The molecule has 0 spiro atoms. The molecule has 16 nitrogen and oxygen atoms in total. The van der Waals surface area contributed by atoms with Crippen LogP contribution >= 0.6 is 0 Å². The lowest BCUT2D eigenvalue weighted by molar-refractivity contribution is 0.480. The van der Waals surface area contributed by atoms with Crippen LogP contribution in [0.25, 0.3) is 10.8 Å². The quantitative estimate of drug-likeness (QED) is 0.115. The van der Waals surface area contributed by atoms with Crippen LogP contribution in [0.15, 0.2) is 80.5 Å². The van der Waals surface area contributed by atoms with Gasteiger partial charge in [0.25, 0.3) is 20.2 Å². The zero-order chi connectivity index (χ0) is 31.6. The van der Waals surface area contributed by atoms with Crippen molar-refractivity contribution in [3.63, 3.8) is 0 Å². The van der Waals surface area contributed by atoms with E-state index < -0.39 is 63.4 Å².